The fourth-order valence-corrected chi connectivity index (χ4v) is 5.41. The third-order valence-corrected chi connectivity index (χ3v) is 7.28. The predicted molar refractivity (Wildman–Crippen MR) is 125 cm³/mol. The number of anilines is 1. The molecule has 1 aromatic heterocycles. The zero-order valence-corrected chi connectivity index (χ0v) is 18.0. The van der Waals surface area contributed by atoms with Gasteiger partial charge in [-0.1, -0.05) is 35.9 Å². The maximum absolute atomic E-state index is 13.1. The Balaban J connectivity index is 1.46. The second-order valence-corrected chi connectivity index (χ2v) is 9.13. The number of aromatic carboxylic acids is 1. The van der Waals surface area contributed by atoms with Crippen LogP contribution in [0.15, 0.2) is 60.8 Å². The average molecular weight is 443 g/mol. The van der Waals surface area contributed by atoms with Crippen LogP contribution in [-0.4, -0.2) is 22.0 Å². The summed E-state index contributed by atoms with van der Waals surface area (Å²) in [5.41, 5.74) is 5.71. The molecule has 32 heavy (non-hydrogen) atoms. The van der Waals surface area contributed by atoms with E-state index in [0.29, 0.717) is 17.0 Å². The number of aromatic amines is 1. The van der Waals surface area contributed by atoms with E-state index in [1.807, 2.05) is 48.7 Å². The van der Waals surface area contributed by atoms with Crippen LogP contribution >= 0.6 is 11.6 Å². The number of amides is 1. The highest BCUT2D eigenvalue weighted by Gasteiger charge is 2.65. The lowest BCUT2D eigenvalue weighted by Gasteiger charge is -2.13. The first-order valence-corrected chi connectivity index (χ1v) is 10.8. The van der Waals surface area contributed by atoms with E-state index < -0.39 is 11.4 Å². The predicted octanol–water partition coefficient (Wildman–Crippen LogP) is 5.87. The molecule has 4 aromatic rings. The van der Waals surface area contributed by atoms with Crippen molar-refractivity contribution >= 4 is 40.1 Å². The molecule has 0 bridgehead atoms. The summed E-state index contributed by atoms with van der Waals surface area (Å²) in [5.74, 6) is -1.07. The highest BCUT2D eigenvalue weighted by atomic mass is 35.5. The number of carboxylic acid groups (broad SMARTS) is 1. The lowest BCUT2D eigenvalue weighted by atomic mass is 9.89. The summed E-state index contributed by atoms with van der Waals surface area (Å²) in [6.07, 6.45) is 2.54. The Kier molecular flexibility index (Phi) is 3.87. The summed E-state index contributed by atoms with van der Waals surface area (Å²) >= 11 is 6.63. The molecular formula is C26H19ClN2O3. The Morgan fingerprint density at radius 1 is 1.12 bits per heavy atom. The molecule has 1 amide bonds. The molecule has 158 valence electrons. The minimum Gasteiger partial charge on any atom is -0.478 e. The summed E-state index contributed by atoms with van der Waals surface area (Å²) in [4.78, 5) is 27.9. The molecule has 3 aromatic carbocycles. The Morgan fingerprint density at radius 2 is 1.97 bits per heavy atom. The molecule has 0 radical (unpaired) electrons. The highest BCUT2D eigenvalue weighted by molar-refractivity contribution is 6.34. The average Bonchev–Trinajstić information content (AvgIpc) is 3.23. The van der Waals surface area contributed by atoms with Gasteiger partial charge in [0.2, 0.25) is 5.91 Å². The Morgan fingerprint density at radius 3 is 2.78 bits per heavy atom. The number of aromatic nitrogens is 1. The van der Waals surface area contributed by atoms with Gasteiger partial charge in [0.1, 0.15) is 0 Å². The van der Waals surface area contributed by atoms with Crippen molar-refractivity contribution in [1.82, 2.24) is 4.98 Å². The monoisotopic (exact) mass is 442 g/mol. The first kappa shape index (κ1) is 19.1. The zero-order valence-electron chi connectivity index (χ0n) is 17.2. The fraction of sp³-hybridized carbons (Fsp3) is 0.154. The third-order valence-electron chi connectivity index (χ3n) is 6.96. The van der Waals surface area contributed by atoms with E-state index >= 15 is 0 Å². The SMILES string of the molecule is Cc1ccc(C2CC23C(=O)Nc2cc(Cl)c(-c4ccc5cc[nH]c5c4)cc23)cc1C(=O)O. The quantitative estimate of drug-likeness (QED) is 0.371. The van der Waals surface area contributed by atoms with Crippen LogP contribution in [0.3, 0.4) is 0 Å². The molecular weight excluding hydrogens is 424 g/mol. The number of rotatable bonds is 3. The van der Waals surface area contributed by atoms with Crippen molar-refractivity contribution in [2.24, 2.45) is 0 Å². The second kappa shape index (κ2) is 6.47. The largest absolute Gasteiger partial charge is 0.478 e. The Hall–Kier alpha value is -3.57. The third kappa shape index (κ3) is 2.58. The minimum atomic E-state index is -0.955. The van der Waals surface area contributed by atoms with E-state index in [2.05, 4.69) is 16.4 Å². The standard InChI is InChI=1S/C26H19ClN2O3/c1-13-2-3-16(8-17(13)24(30)31)20-12-26(20)19-10-18(21(27)11-23(19)29-25(26)32)15-5-4-14-6-7-28-22(14)9-15/h2-11,20,28H,12H2,1H3,(H,29,32)(H,30,31). The number of carbonyl (C=O) groups excluding carboxylic acids is 1. The van der Waals surface area contributed by atoms with Gasteiger partial charge < -0.3 is 15.4 Å². The summed E-state index contributed by atoms with van der Waals surface area (Å²) < 4.78 is 0. The van der Waals surface area contributed by atoms with Gasteiger partial charge >= 0.3 is 5.97 Å². The van der Waals surface area contributed by atoms with Crippen LogP contribution in [0.2, 0.25) is 5.02 Å². The minimum absolute atomic E-state index is 0.0528. The number of benzene rings is 3. The molecule has 2 heterocycles. The second-order valence-electron chi connectivity index (χ2n) is 8.72. The summed E-state index contributed by atoms with van der Waals surface area (Å²) in [6.45, 7) is 1.78. The van der Waals surface area contributed by atoms with Crippen LogP contribution in [0.5, 0.6) is 0 Å². The van der Waals surface area contributed by atoms with E-state index in [9.17, 15) is 14.7 Å². The number of carboxylic acids is 1. The van der Waals surface area contributed by atoms with Crippen LogP contribution in [-0.2, 0) is 10.2 Å². The van der Waals surface area contributed by atoms with Gasteiger partial charge in [-0.3, -0.25) is 4.79 Å². The van der Waals surface area contributed by atoms with Gasteiger partial charge in [0, 0.05) is 28.9 Å². The maximum Gasteiger partial charge on any atom is 0.335 e. The Labute approximate surface area is 189 Å². The van der Waals surface area contributed by atoms with E-state index in [-0.39, 0.29) is 17.4 Å². The van der Waals surface area contributed by atoms with Crippen molar-refractivity contribution in [1.29, 1.82) is 0 Å². The molecule has 6 heteroatoms. The molecule has 0 saturated heterocycles. The van der Waals surface area contributed by atoms with Crippen LogP contribution in [0.1, 0.15) is 39.4 Å². The van der Waals surface area contributed by atoms with Gasteiger partial charge in [0.05, 0.1) is 16.0 Å². The number of nitrogens with one attached hydrogen (secondary N) is 2. The lowest BCUT2D eigenvalue weighted by molar-refractivity contribution is -0.118. The number of carbonyl (C=O) groups is 2. The normalized spacial score (nSPS) is 21.1. The molecule has 1 aliphatic heterocycles. The first-order valence-electron chi connectivity index (χ1n) is 10.5. The summed E-state index contributed by atoms with van der Waals surface area (Å²) in [5, 5.41) is 14.2. The molecule has 1 fully saturated rings. The van der Waals surface area contributed by atoms with Crippen molar-refractivity contribution in [2.45, 2.75) is 24.7 Å². The van der Waals surface area contributed by atoms with Crippen molar-refractivity contribution < 1.29 is 14.7 Å². The van der Waals surface area contributed by atoms with Crippen molar-refractivity contribution in [2.75, 3.05) is 5.32 Å². The molecule has 3 N–H and O–H groups in total. The van der Waals surface area contributed by atoms with E-state index in [1.54, 1.807) is 13.0 Å². The zero-order chi connectivity index (χ0) is 22.2. The molecule has 1 saturated carbocycles. The van der Waals surface area contributed by atoms with Crippen molar-refractivity contribution in [3.05, 3.63) is 88.1 Å². The number of hydrogen-bond donors (Lipinski definition) is 3. The fourth-order valence-electron chi connectivity index (χ4n) is 5.14. The molecule has 2 atom stereocenters. The topological polar surface area (TPSA) is 82.2 Å². The van der Waals surface area contributed by atoms with Crippen molar-refractivity contribution in [3.8, 4) is 11.1 Å². The molecule has 5 nitrogen and oxygen atoms in total. The van der Waals surface area contributed by atoms with Gasteiger partial charge in [-0.2, -0.15) is 0 Å². The maximum atomic E-state index is 13.1. The molecule has 1 spiro atoms. The number of fused-ring (bicyclic) bond motifs is 3. The van der Waals surface area contributed by atoms with Crippen LogP contribution in [0, 0.1) is 6.92 Å². The van der Waals surface area contributed by atoms with E-state index in [1.165, 1.54) is 0 Å². The van der Waals surface area contributed by atoms with Gasteiger partial charge in [0.15, 0.2) is 0 Å². The smallest absolute Gasteiger partial charge is 0.335 e. The Bertz CT molecular complexity index is 1470. The van der Waals surface area contributed by atoms with Gasteiger partial charge in [-0.15, -0.1) is 0 Å². The number of aryl methyl sites for hydroxylation is 1. The highest BCUT2D eigenvalue weighted by Crippen LogP contribution is 2.65. The van der Waals surface area contributed by atoms with E-state index in [0.717, 1.165) is 38.8 Å². The first-order chi connectivity index (χ1) is 15.4. The van der Waals surface area contributed by atoms with Crippen molar-refractivity contribution in [3.63, 3.8) is 0 Å². The number of hydrogen-bond acceptors (Lipinski definition) is 2. The van der Waals surface area contributed by atoms with Gasteiger partial charge in [-0.05, 0) is 71.3 Å². The van der Waals surface area contributed by atoms with Crippen LogP contribution in [0.25, 0.3) is 22.0 Å². The van der Waals surface area contributed by atoms with Gasteiger partial charge in [0.25, 0.3) is 0 Å². The summed E-state index contributed by atoms with van der Waals surface area (Å²) in [6, 6.07) is 17.5. The number of halogens is 1. The van der Waals surface area contributed by atoms with Crippen LogP contribution in [0.4, 0.5) is 5.69 Å². The van der Waals surface area contributed by atoms with E-state index in [4.69, 9.17) is 11.6 Å². The van der Waals surface area contributed by atoms with Gasteiger partial charge in [-0.25, -0.2) is 4.79 Å². The molecule has 1 aliphatic carbocycles. The lowest BCUT2D eigenvalue weighted by Crippen LogP contribution is -2.21. The molecule has 2 aliphatic rings. The molecule has 2 unspecified atom stereocenters. The van der Waals surface area contributed by atoms with Crippen LogP contribution < -0.4 is 5.32 Å². The molecule has 6 rings (SSSR count). The summed E-state index contributed by atoms with van der Waals surface area (Å²) in [7, 11) is 0. The number of H-pyrrole nitrogens is 1.